The first-order valence-electron chi connectivity index (χ1n) is 6.53. The molecule has 6 heteroatoms. The molecule has 2 aromatic carbocycles. The van der Waals surface area contributed by atoms with Gasteiger partial charge in [0.1, 0.15) is 5.75 Å². The molecule has 0 spiro atoms. The summed E-state index contributed by atoms with van der Waals surface area (Å²) in [5.74, 6) is 0.400. The molecule has 2 rings (SSSR count). The van der Waals surface area contributed by atoms with Gasteiger partial charge in [-0.05, 0) is 23.3 Å². The van der Waals surface area contributed by atoms with Crippen molar-refractivity contribution in [3.63, 3.8) is 0 Å². The third-order valence-electron chi connectivity index (χ3n) is 2.84. The molecule has 4 nitrogen and oxygen atoms in total. The molecule has 0 bridgehead atoms. The first-order valence-corrected chi connectivity index (χ1v) is 8.29. The first kappa shape index (κ1) is 16.5. The number of hydrogen-bond donors (Lipinski definition) is 2. The normalized spacial score (nSPS) is 13.7. The van der Waals surface area contributed by atoms with E-state index in [0.29, 0.717) is 10.7 Å². The fraction of sp³-hybridized carbons (Fsp3) is 0.0625. The zero-order chi connectivity index (χ0) is 15.8. The molecule has 2 aromatic rings. The lowest BCUT2D eigenvalue weighted by molar-refractivity contribution is 0.604. The Bertz CT molecular complexity index is 672. The van der Waals surface area contributed by atoms with Crippen LogP contribution in [-0.4, -0.2) is 9.72 Å². The summed E-state index contributed by atoms with van der Waals surface area (Å²) in [6.45, 7) is 0. The summed E-state index contributed by atoms with van der Waals surface area (Å²) in [7, 11) is 0. The van der Waals surface area contributed by atoms with Gasteiger partial charge in [0.25, 0.3) is 0 Å². The number of hydrogen-bond acceptors (Lipinski definition) is 3. The minimum atomic E-state index is -1.26. The molecule has 112 valence electrons. The fourth-order valence-electron chi connectivity index (χ4n) is 1.82. The van der Waals surface area contributed by atoms with Crippen LogP contribution in [0.2, 0.25) is 0 Å². The molecule has 1 N–H and O–H groups in total. The van der Waals surface area contributed by atoms with Gasteiger partial charge in [0.2, 0.25) is 5.17 Å². The van der Waals surface area contributed by atoms with Gasteiger partial charge in [-0.3, -0.25) is 0 Å². The summed E-state index contributed by atoms with van der Waals surface area (Å²) in [5, 5.41) is 3.14. The highest BCUT2D eigenvalue weighted by Crippen LogP contribution is 2.25. The van der Waals surface area contributed by atoms with Crippen molar-refractivity contribution in [3.05, 3.63) is 78.0 Å². The van der Waals surface area contributed by atoms with Gasteiger partial charge in [0, 0.05) is 11.1 Å². The summed E-state index contributed by atoms with van der Waals surface area (Å²) in [6.07, 6.45) is 1.47. The number of aliphatic imine (C=N–C) groups is 1. The Labute approximate surface area is 138 Å². The maximum atomic E-state index is 12.7. The monoisotopic (exact) mass is 329 g/mol. The maximum Gasteiger partial charge on any atom is 0.205 e. The van der Waals surface area contributed by atoms with Crippen LogP contribution < -0.4 is 0 Å². The average Bonchev–Trinajstić information content (AvgIpc) is 2.56. The summed E-state index contributed by atoms with van der Waals surface area (Å²) >= 11 is 2.68. The Balaban J connectivity index is 2.30. The van der Waals surface area contributed by atoms with E-state index in [9.17, 15) is 4.55 Å². The van der Waals surface area contributed by atoms with Crippen molar-refractivity contribution in [3.8, 4) is 0 Å². The maximum absolute atomic E-state index is 12.7. The number of amidine groups is 1. The van der Waals surface area contributed by atoms with Crippen molar-refractivity contribution in [1.29, 1.82) is 5.53 Å². The Morgan fingerprint density at radius 1 is 1.09 bits per heavy atom. The van der Waals surface area contributed by atoms with Crippen LogP contribution in [0.15, 0.2) is 77.0 Å². The van der Waals surface area contributed by atoms with Crippen LogP contribution in [0.3, 0.4) is 0 Å². The van der Waals surface area contributed by atoms with Crippen molar-refractivity contribution in [2.45, 2.75) is 5.75 Å². The van der Waals surface area contributed by atoms with Crippen LogP contribution in [0.5, 0.6) is 0 Å². The van der Waals surface area contributed by atoms with E-state index in [4.69, 9.17) is 5.53 Å². The van der Waals surface area contributed by atoms with Crippen LogP contribution in [0, 0.1) is 5.53 Å². The topological polar surface area (TPSA) is 71.6 Å². The van der Waals surface area contributed by atoms with E-state index in [1.807, 2.05) is 60.7 Å². The van der Waals surface area contributed by atoms with Crippen LogP contribution in [0.25, 0.3) is 4.91 Å². The molecule has 1 unspecified atom stereocenters. The van der Waals surface area contributed by atoms with E-state index in [1.54, 1.807) is 0 Å². The van der Waals surface area contributed by atoms with Crippen LogP contribution in [0.4, 0.5) is 0 Å². The van der Waals surface area contributed by atoms with Crippen molar-refractivity contribution >= 4 is 33.9 Å². The lowest BCUT2D eigenvalue weighted by Crippen LogP contribution is -2.07. The standard InChI is InChI=1S/C16H15N3OS2/c17-19-16(21)18-11-15(14-9-5-2-6-10-14)22(20)12-13-7-3-1-4-8-13/h1-11,17H,12H2,(H,18,21)/b15-11-,19-17?. The quantitative estimate of drug-likeness (QED) is 0.278. The predicted octanol–water partition coefficient (Wildman–Crippen LogP) is 4.25. The van der Waals surface area contributed by atoms with Crippen LogP contribution in [-0.2, 0) is 16.9 Å². The largest absolute Gasteiger partial charge is 0.611 e. The Hall–Kier alpha value is -1.89. The van der Waals surface area contributed by atoms with Crippen molar-refractivity contribution in [2.75, 3.05) is 0 Å². The van der Waals surface area contributed by atoms with E-state index in [2.05, 4.69) is 22.7 Å². The number of nitrogens with zero attached hydrogens (tertiary/aromatic N) is 2. The van der Waals surface area contributed by atoms with Gasteiger partial charge in [0.05, 0.1) is 6.20 Å². The Kier molecular flexibility index (Phi) is 6.39. The Morgan fingerprint density at radius 2 is 1.68 bits per heavy atom. The van der Waals surface area contributed by atoms with Crippen molar-refractivity contribution in [2.24, 2.45) is 10.1 Å². The second-order valence-corrected chi connectivity index (χ2v) is 6.20. The second-order valence-electron chi connectivity index (χ2n) is 4.38. The Morgan fingerprint density at radius 3 is 2.27 bits per heavy atom. The van der Waals surface area contributed by atoms with Crippen molar-refractivity contribution < 1.29 is 4.55 Å². The molecule has 0 radical (unpaired) electrons. The SMILES string of the molecule is N=N/C(S)=N/C=C(/c1ccccc1)[S+]([O-])Cc1ccccc1. The fourth-order valence-corrected chi connectivity index (χ4v) is 3.09. The molecule has 0 aliphatic heterocycles. The van der Waals surface area contributed by atoms with Gasteiger partial charge in [-0.2, -0.15) is 0 Å². The molecule has 22 heavy (non-hydrogen) atoms. The smallest absolute Gasteiger partial charge is 0.205 e. The molecule has 0 aliphatic rings. The minimum Gasteiger partial charge on any atom is -0.611 e. The van der Waals surface area contributed by atoms with Crippen LogP contribution in [0.1, 0.15) is 11.1 Å². The van der Waals surface area contributed by atoms with Gasteiger partial charge >= 0.3 is 0 Å². The summed E-state index contributed by atoms with van der Waals surface area (Å²) in [4.78, 5) is 4.54. The van der Waals surface area contributed by atoms with E-state index in [0.717, 1.165) is 11.1 Å². The van der Waals surface area contributed by atoms with Gasteiger partial charge < -0.3 is 4.55 Å². The lowest BCUT2D eigenvalue weighted by Gasteiger charge is -2.13. The number of benzene rings is 2. The van der Waals surface area contributed by atoms with Gasteiger partial charge in [-0.1, -0.05) is 48.5 Å². The third-order valence-corrected chi connectivity index (χ3v) is 4.48. The molecule has 0 heterocycles. The van der Waals surface area contributed by atoms with Crippen LogP contribution >= 0.6 is 12.6 Å². The molecular weight excluding hydrogens is 314 g/mol. The first-order chi connectivity index (χ1) is 10.7. The highest BCUT2D eigenvalue weighted by atomic mass is 32.2. The molecule has 0 aliphatic carbocycles. The zero-order valence-electron chi connectivity index (χ0n) is 11.7. The molecule has 0 saturated carbocycles. The average molecular weight is 329 g/mol. The minimum absolute atomic E-state index is 0.0187. The van der Waals surface area contributed by atoms with E-state index in [-0.39, 0.29) is 5.17 Å². The van der Waals surface area contributed by atoms with E-state index in [1.165, 1.54) is 6.20 Å². The molecule has 0 fully saturated rings. The number of thiol groups is 1. The third kappa shape index (κ3) is 4.84. The molecule has 0 amide bonds. The molecule has 1 atom stereocenters. The molecule has 0 aromatic heterocycles. The van der Waals surface area contributed by atoms with Gasteiger partial charge in [0.15, 0.2) is 4.91 Å². The highest BCUT2D eigenvalue weighted by Gasteiger charge is 2.17. The number of nitrogens with one attached hydrogen (secondary N) is 1. The second kappa shape index (κ2) is 8.53. The molecular formula is C16H15N3OS2. The highest BCUT2D eigenvalue weighted by molar-refractivity contribution is 7.99. The molecule has 0 saturated heterocycles. The lowest BCUT2D eigenvalue weighted by atomic mass is 10.2. The summed E-state index contributed by atoms with van der Waals surface area (Å²) < 4.78 is 12.7. The summed E-state index contributed by atoms with van der Waals surface area (Å²) in [6, 6.07) is 19.0. The van der Waals surface area contributed by atoms with Gasteiger partial charge in [-0.25, -0.2) is 10.5 Å². The summed E-state index contributed by atoms with van der Waals surface area (Å²) in [5.41, 5.74) is 8.67. The van der Waals surface area contributed by atoms with Gasteiger partial charge in [-0.15, -0.1) is 17.7 Å². The van der Waals surface area contributed by atoms with E-state index >= 15 is 0 Å². The predicted molar refractivity (Wildman–Crippen MR) is 94.3 cm³/mol. The number of rotatable bonds is 5. The van der Waals surface area contributed by atoms with E-state index < -0.39 is 11.2 Å². The van der Waals surface area contributed by atoms with Crippen molar-refractivity contribution in [1.82, 2.24) is 0 Å². The zero-order valence-corrected chi connectivity index (χ0v) is 13.4.